The monoisotopic (exact) mass is 458 g/mol. The molecule has 0 fully saturated rings. The number of anilines is 1. The number of hydrogen-bond acceptors (Lipinski definition) is 2. The van der Waals surface area contributed by atoms with Crippen LogP contribution in [0.2, 0.25) is 0 Å². The van der Waals surface area contributed by atoms with Crippen molar-refractivity contribution < 1.29 is 9.13 Å². The highest BCUT2D eigenvalue weighted by Gasteiger charge is 2.26. The van der Waals surface area contributed by atoms with Gasteiger partial charge < -0.3 is 15.4 Å². The lowest BCUT2D eigenvalue weighted by Crippen LogP contribution is -2.29. The first-order valence-corrected chi connectivity index (χ1v) is 12.1. The van der Waals surface area contributed by atoms with Crippen LogP contribution in [0.4, 0.5) is 10.1 Å². The molecule has 2 N–H and O–H groups in total. The maximum Gasteiger partial charge on any atom is 0.170 e. The van der Waals surface area contributed by atoms with Gasteiger partial charge in [0.1, 0.15) is 11.6 Å². The topological polar surface area (TPSA) is 33.3 Å². The molecule has 2 aromatic carbocycles. The van der Waals surface area contributed by atoms with Gasteiger partial charge in [-0.05, 0) is 84.6 Å². The first kappa shape index (κ1) is 26.1. The summed E-state index contributed by atoms with van der Waals surface area (Å²) in [5, 5.41) is 6.79. The summed E-state index contributed by atoms with van der Waals surface area (Å²) < 4.78 is 19.2. The molecule has 0 aliphatic rings. The van der Waals surface area contributed by atoms with E-state index in [4.69, 9.17) is 17.0 Å². The molecule has 0 unspecified atom stereocenters. The second-order valence-electron chi connectivity index (χ2n) is 9.63. The van der Waals surface area contributed by atoms with Crippen molar-refractivity contribution in [3.63, 3.8) is 0 Å². The Morgan fingerprint density at radius 2 is 1.59 bits per heavy atom. The zero-order chi connectivity index (χ0) is 23.8. The van der Waals surface area contributed by atoms with Crippen LogP contribution in [0.25, 0.3) is 0 Å². The number of hydrogen-bond donors (Lipinski definition) is 2. The number of thiocarbonyl (C=S) groups is 1. The molecule has 0 radical (unpaired) electrons. The normalized spacial score (nSPS) is 11.8. The average molecular weight is 459 g/mol. The highest BCUT2D eigenvalue weighted by molar-refractivity contribution is 7.80. The number of ether oxygens (including phenoxy) is 1. The van der Waals surface area contributed by atoms with Crippen LogP contribution < -0.4 is 15.4 Å². The standard InChI is InChI=1S/C27H39FN2OS/c1-7-26(3,4)20-11-16-24(23(19-20)27(5,6)8-2)31-18-10-9-17-29-25(32)30-22-14-12-21(28)13-15-22/h11-16,19H,7-10,17-18H2,1-6H3,(H2,29,30,32). The highest BCUT2D eigenvalue weighted by Crippen LogP contribution is 2.38. The second-order valence-corrected chi connectivity index (χ2v) is 10.0. The largest absolute Gasteiger partial charge is 0.493 e. The lowest BCUT2D eigenvalue weighted by molar-refractivity contribution is 0.296. The fourth-order valence-electron chi connectivity index (χ4n) is 3.32. The molecule has 0 atom stereocenters. The predicted octanol–water partition coefficient (Wildman–Crippen LogP) is 7.35. The van der Waals surface area contributed by atoms with E-state index in [0.717, 1.165) is 43.7 Å². The number of halogens is 1. The Labute approximate surface area is 199 Å². The fraction of sp³-hybridized carbons (Fsp3) is 0.519. The minimum absolute atomic E-state index is 0.0644. The van der Waals surface area contributed by atoms with E-state index in [-0.39, 0.29) is 16.6 Å². The molecule has 2 rings (SSSR count). The van der Waals surface area contributed by atoms with Gasteiger partial charge in [-0.3, -0.25) is 0 Å². The zero-order valence-corrected chi connectivity index (χ0v) is 21.3. The Balaban J connectivity index is 1.85. The van der Waals surface area contributed by atoms with Crippen molar-refractivity contribution in [3.8, 4) is 5.75 Å². The lowest BCUT2D eigenvalue weighted by atomic mass is 9.76. The van der Waals surface area contributed by atoms with Crippen LogP contribution in [-0.2, 0) is 10.8 Å². The van der Waals surface area contributed by atoms with Gasteiger partial charge in [-0.25, -0.2) is 4.39 Å². The van der Waals surface area contributed by atoms with Gasteiger partial charge in [0, 0.05) is 17.8 Å². The van der Waals surface area contributed by atoms with Gasteiger partial charge in [0.05, 0.1) is 6.61 Å². The molecular weight excluding hydrogens is 419 g/mol. The predicted molar refractivity (Wildman–Crippen MR) is 138 cm³/mol. The highest BCUT2D eigenvalue weighted by atomic mass is 32.1. The van der Waals surface area contributed by atoms with Gasteiger partial charge in [0.25, 0.3) is 0 Å². The van der Waals surface area contributed by atoms with Gasteiger partial charge >= 0.3 is 0 Å². The van der Waals surface area contributed by atoms with Crippen LogP contribution in [0, 0.1) is 5.82 Å². The molecule has 0 aliphatic heterocycles. The summed E-state index contributed by atoms with van der Waals surface area (Å²) in [6, 6.07) is 12.9. The van der Waals surface area contributed by atoms with E-state index >= 15 is 0 Å². The number of unbranched alkanes of at least 4 members (excludes halogenated alkanes) is 1. The van der Waals surface area contributed by atoms with E-state index in [9.17, 15) is 4.39 Å². The third kappa shape index (κ3) is 7.47. The first-order valence-electron chi connectivity index (χ1n) is 11.7. The number of rotatable bonds is 11. The Hall–Kier alpha value is -2.14. The molecule has 0 bridgehead atoms. The van der Waals surface area contributed by atoms with E-state index in [0.29, 0.717) is 11.7 Å². The molecule has 2 aromatic rings. The number of benzene rings is 2. The van der Waals surface area contributed by atoms with E-state index in [1.165, 1.54) is 23.3 Å². The molecule has 3 nitrogen and oxygen atoms in total. The van der Waals surface area contributed by atoms with Crippen molar-refractivity contribution in [2.45, 2.75) is 78.1 Å². The SMILES string of the molecule is CCC(C)(C)c1ccc(OCCCCNC(=S)Nc2ccc(F)cc2)c(C(C)(C)CC)c1. The van der Waals surface area contributed by atoms with Crippen LogP contribution >= 0.6 is 12.2 Å². The summed E-state index contributed by atoms with van der Waals surface area (Å²) in [4.78, 5) is 0. The van der Waals surface area contributed by atoms with Crippen LogP contribution in [0.3, 0.4) is 0 Å². The average Bonchev–Trinajstić information content (AvgIpc) is 2.77. The van der Waals surface area contributed by atoms with Gasteiger partial charge in [-0.2, -0.15) is 0 Å². The van der Waals surface area contributed by atoms with E-state index < -0.39 is 0 Å². The molecule has 0 saturated heterocycles. The second kappa shape index (κ2) is 11.6. The van der Waals surface area contributed by atoms with Crippen molar-refractivity contribution in [2.24, 2.45) is 0 Å². The Bertz CT molecular complexity index is 878. The smallest absolute Gasteiger partial charge is 0.170 e. The van der Waals surface area contributed by atoms with Crippen LogP contribution in [-0.4, -0.2) is 18.3 Å². The molecule has 0 aromatic heterocycles. The molecular formula is C27H39FN2OS. The summed E-state index contributed by atoms with van der Waals surface area (Å²) in [6.07, 6.45) is 4.03. The van der Waals surface area contributed by atoms with Crippen LogP contribution in [0.15, 0.2) is 42.5 Å². The number of nitrogens with one attached hydrogen (secondary N) is 2. The van der Waals surface area contributed by atoms with Gasteiger partial charge in [0.2, 0.25) is 0 Å². The molecule has 0 amide bonds. The van der Waals surface area contributed by atoms with E-state index in [2.05, 4.69) is 70.4 Å². The van der Waals surface area contributed by atoms with Crippen molar-refractivity contribution in [3.05, 3.63) is 59.4 Å². The van der Waals surface area contributed by atoms with Crippen LogP contribution in [0.5, 0.6) is 5.75 Å². The van der Waals surface area contributed by atoms with E-state index in [1.54, 1.807) is 12.1 Å². The fourth-order valence-corrected chi connectivity index (χ4v) is 3.54. The molecule has 0 aliphatic carbocycles. The minimum atomic E-state index is -0.261. The molecule has 0 spiro atoms. The van der Waals surface area contributed by atoms with E-state index in [1.807, 2.05) is 0 Å². The van der Waals surface area contributed by atoms with Crippen molar-refractivity contribution >= 4 is 23.0 Å². The minimum Gasteiger partial charge on any atom is -0.493 e. The Morgan fingerprint density at radius 3 is 2.22 bits per heavy atom. The maximum absolute atomic E-state index is 13.0. The third-order valence-electron chi connectivity index (χ3n) is 6.47. The summed E-state index contributed by atoms with van der Waals surface area (Å²) >= 11 is 5.30. The molecule has 0 saturated carbocycles. The third-order valence-corrected chi connectivity index (χ3v) is 6.72. The summed E-state index contributed by atoms with van der Waals surface area (Å²) in [5.41, 5.74) is 3.66. The van der Waals surface area contributed by atoms with Crippen LogP contribution in [0.1, 0.15) is 78.4 Å². The zero-order valence-electron chi connectivity index (χ0n) is 20.5. The Kier molecular flexibility index (Phi) is 9.50. The summed E-state index contributed by atoms with van der Waals surface area (Å²) in [6.45, 7) is 15.1. The van der Waals surface area contributed by atoms with Gasteiger partial charge in [0.15, 0.2) is 5.11 Å². The van der Waals surface area contributed by atoms with Gasteiger partial charge in [-0.1, -0.05) is 53.7 Å². The van der Waals surface area contributed by atoms with Crippen molar-refractivity contribution in [2.75, 3.05) is 18.5 Å². The molecule has 32 heavy (non-hydrogen) atoms. The molecule has 0 heterocycles. The maximum atomic E-state index is 13.0. The summed E-state index contributed by atoms with van der Waals surface area (Å²) in [5.74, 6) is 0.734. The van der Waals surface area contributed by atoms with Crippen molar-refractivity contribution in [1.29, 1.82) is 0 Å². The summed E-state index contributed by atoms with van der Waals surface area (Å²) in [7, 11) is 0. The Morgan fingerprint density at radius 1 is 0.938 bits per heavy atom. The quantitative estimate of drug-likeness (QED) is 0.272. The van der Waals surface area contributed by atoms with Gasteiger partial charge in [-0.15, -0.1) is 0 Å². The van der Waals surface area contributed by atoms with Crippen molar-refractivity contribution in [1.82, 2.24) is 5.32 Å². The lowest BCUT2D eigenvalue weighted by Gasteiger charge is -2.30. The molecule has 176 valence electrons. The molecule has 5 heteroatoms. The first-order chi connectivity index (χ1) is 15.1.